The van der Waals surface area contributed by atoms with E-state index in [9.17, 15) is 4.39 Å². The molecule has 0 radical (unpaired) electrons. The van der Waals surface area contributed by atoms with Crippen LogP contribution < -0.4 is 4.74 Å². The first-order chi connectivity index (χ1) is 6.58. The van der Waals surface area contributed by atoms with Crippen molar-refractivity contribution in [2.45, 2.75) is 31.7 Å². The summed E-state index contributed by atoms with van der Waals surface area (Å²) in [6.07, 6.45) is 0.112. The van der Waals surface area contributed by atoms with Gasteiger partial charge in [-0.15, -0.1) is 0 Å². The summed E-state index contributed by atoms with van der Waals surface area (Å²) in [5.74, 6) is 0.511. The van der Waals surface area contributed by atoms with E-state index in [2.05, 4.69) is 0 Å². The first-order valence-electron chi connectivity index (χ1n) is 4.72. The van der Waals surface area contributed by atoms with E-state index in [0.29, 0.717) is 0 Å². The van der Waals surface area contributed by atoms with E-state index >= 15 is 0 Å². The lowest BCUT2D eigenvalue weighted by molar-refractivity contribution is 0.0724. The molecular weight excluding hydrogens is 183 g/mol. The fourth-order valence-corrected chi connectivity index (χ4v) is 2.05. The average Bonchev–Trinajstić information content (AvgIpc) is 2.86. The average molecular weight is 194 g/mol. The van der Waals surface area contributed by atoms with Gasteiger partial charge >= 0.3 is 0 Å². The highest BCUT2D eigenvalue weighted by atomic mass is 19.1. The molecule has 0 saturated carbocycles. The molecule has 2 heterocycles. The predicted molar refractivity (Wildman–Crippen MR) is 48.7 cm³/mol. The van der Waals surface area contributed by atoms with Crippen LogP contribution in [0.3, 0.4) is 0 Å². The Morgan fingerprint density at radius 3 is 2.93 bits per heavy atom. The zero-order valence-corrected chi connectivity index (χ0v) is 8.08. The zero-order valence-electron chi connectivity index (χ0n) is 8.08. The number of benzene rings is 1. The Morgan fingerprint density at radius 2 is 2.14 bits per heavy atom. The largest absolute Gasteiger partial charge is 0.485 e. The Hall–Kier alpha value is -1.09. The highest BCUT2D eigenvalue weighted by molar-refractivity contribution is 5.42. The second kappa shape index (κ2) is 2.28. The summed E-state index contributed by atoms with van der Waals surface area (Å²) < 4.78 is 24.2. The third-order valence-corrected chi connectivity index (χ3v) is 2.83. The number of fused-ring (bicyclic) bond motifs is 3. The van der Waals surface area contributed by atoms with Gasteiger partial charge in [-0.2, -0.15) is 0 Å². The standard InChI is InChI=1S/C11H11FO2/c1-11(2)10-9(13-10)7-5-6(12)3-4-8(7)14-11/h3-5,9-10H,1-2H3/t9-,10-/m0/s1. The topological polar surface area (TPSA) is 21.8 Å². The fraction of sp³-hybridized carbons (Fsp3) is 0.455. The van der Waals surface area contributed by atoms with Gasteiger partial charge in [0.1, 0.15) is 29.4 Å². The highest BCUT2D eigenvalue weighted by Gasteiger charge is 2.56. The van der Waals surface area contributed by atoms with Crippen molar-refractivity contribution in [1.82, 2.24) is 0 Å². The van der Waals surface area contributed by atoms with Crippen molar-refractivity contribution >= 4 is 0 Å². The van der Waals surface area contributed by atoms with Crippen LogP contribution in [0, 0.1) is 5.82 Å². The molecule has 0 amide bonds. The van der Waals surface area contributed by atoms with E-state index < -0.39 is 0 Å². The van der Waals surface area contributed by atoms with Crippen LogP contribution in [0.1, 0.15) is 25.5 Å². The normalized spacial score (nSPS) is 31.4. The second-order valence-electron chi connectivity index (χ2n) is 4.36. The van der Waals surface area contributed by atoms with E-state index in [1.54, 1.807) is 6.07 Å². The number of rotatable bonds is 0. The summed E-state index contributed by atoms with van der Waals surface area (Å²) in [7, 11) is 0. The summed E-state index contributed by atoms with van der Waals surface area (Å²) in [6, 6.07) is 4.58. The zero-order chi connectivity index (χ0) is 9.92. The van der Waals surface area contributed by atoms with Gasteiger partial charge in [0.25, 0.3) is 0 Å². The van der Waals surface area contributed by atoms with Gasteiger partial charge in [0, 0.05) is 5.56 Å². The number of hydrogen-bond donors (Lipinski definition) is 0. The Balaban J connectivity index is 2.11. The summed E-state index contributed by atoms with van der Waals surface area (Å²) in [5.41, 5.74) is 0.546. The molecule has 2 aliphatic heterocycles. The molecule has 1 saturated heterocycles. The van der Waals surface area contributed by atoms with Gasteiger partial charge in [-0.3, -0.25) is 0 Å². The van der Waals surface area contributed by atoms with Crippen LogP contribution in [0.5, 0.6) is 5.75 Å². The van der Waals surface area contributed by atoms with E-state index in [1.165, 1.54) is 12.1 Å². The quantitative estimate of drug-likeness (QED) is 0.592. The van der Waals surface area contributed by atoms with Gasteiger partial charge in [-0.05, 0) is 32.0 Å². The lowest BCUT2D eigenvalue weighted by Gasteiger charge is -2.29. The number of halogens is 1. The monoisotopic (exact) mass is 194 g/mol. The van der Waals surface area contributed by atoms with Crippen LogP contribution in [-0.4, -0.2) is 11.7 Å². The molecule has 0 aliphatic carbocycles. The van der Waals surface area contributed by atoms with Gasteiger partial charge in [-0.1, -0.05) is 0 Å². The third kappa shape index (κ3) is 0.989. The maximum atomic E-state index is 13.0. The van der Waals surface area contributed by atoms with Crippen molar-refractivity contribution in [1.29, 1.82) is 0 Å². The minimum absolute atomic E-state index is 0.0319. The van der Waals surface area contributed by atoms with Crippen molar-refractivity contribution in [3.63, 3.8) is 0 Å². The van der Waals surface area contributed by atoms with Crippen LogP contribution >= 0.6 is 0 Å². The molecule has 2 aliphatic rings. The first kappa shape index (κ1) is 8.24. The van der Waals surface area contributed by atoms with Crippen LogP contribution in [0.4, 0.5) is 4.39 Å². The van der Waals surface area contributed by atoms with Crippen molar-refractivity contribution in [2.24, 2.45) is 0 Å². The van der Waals surface area contributed by atoms with Crippen LogP contribution in [0.15, 0.2) is 18.2 Å². The molecule has 0 unspecified atom stereocenters. The van der Waals surface area contributed by atoms with E-state index in [-0.39, 0.29) is 23.6 Å². The van der Waals surface area contributed by atoms with E-state index in [4.69, 9.17) is 9.47 Å². The molecule has 3 rings (SSSR count). The maximum absolute atomic E-state index is 13.0. The molecule has 1 fully saturated rings. The van der Waals surface area contributed by atoms with Crippen LogP contribution in [-0.2, 0) is 4.74 Å². The molecule has 14 heavy (non-hydrogen) atoms. The molecular formula is C11H11FO2. The smallest absolute Gasteiger partial charge is 0.132 e. The van der Waals surface area contributed by atoms with Gasteiger partial charge in [0.05, 0.1) is 0 Å². The number of hydrogen-bond acceptors (Lipinski definition) is 2. The molecule has 3 heteroatoms. The SMILES string of the molecule is CC1(C)Oc2ccc(F)cc2[C@@H]2O[C@@H]21. The molecule has 1 aromatic rings. The van der Waals surface area contributed by atoms with Gasteiger partial charge in [-0.25, -0.2) is 4.39 Å². The second-order valence-corrected chi connectivity index (χ2v) is 4.36. The summed E-state index contributed by atoms with van der Waals surface area (Å²) in [4.78, 5) is 0. The maximum Gasteiger partial charge on any atom is 0.132 e. The molecule has 0 bridgehead atoms. The van der Waals surface area contributed by atoms with Crippen LogP contribution in [0.25, 0.3) is 0 Å². The molecule has 2 nitrogen and oxygen atoms in total. The Morgan fingerprint density at radius 1 is 1.36 bits per heavy atom. The molecule has 1 aromatic carbocycles. The number of ether oxygens (including phenoxy) is 2. The van der Waals surface area contributed by atoms with Crippen molar-refractivity contribution < 1.29 is 13.9 Å². The van der Waals surface area contributed by atoms with Crippen molar-refractivity contribution in [3.8, 4) is 5.75 Å². The molecule has 74 valence electrons. The Labute approximate surface area is 81.6 Å². The summed E-state index contributed by atoms with van der Waals surface area (Å²) in [6.45, 7) is 3.98. The molecule has 0 aromatic heterocycles. The van der Waals surface area contributed by atoms with E-state index in [1.807, 2.05) is 13.8 Å². The Bertz CT molecular complexity index is 400. The lowest BCUT2D eigenvalue weighted by Crippen LogP contribution is -2.37. The molecule has 0 N–H and O–H groups in total. The van der Waals surface area contributed by atoms with Gasteiger partial charge < -0.3 is 9.47 Å². The third-order valence-electron chi connectivity index (χ3n) is 2.83. The lowest BCUT2D eigenvalue weighted by atomic mass is 9.94. The molecule has 0 spiro atoms. The number of epoxide rings is 1. The van der Waals surface area contributed by atoms with Crippen LogP contribution in [0.2, 0.25) is 0 Å². The van der Waals surface area contributed by atoms with Crippen molar-refractivity contribution in [3.05, 3.63) is 29.6 Å². The van der Waals surface area contributed by atoms with Crippen molar-refractivity contribution in [2.75, 3.05) is 0 Å². The van der Waals surface area contributed by atoms with E-state index in [0.717, 1.165) is 11.3 Å². The highest BCUT2D eigenvalue weighted by Crippen LogP contribution is 2.53. The fourth-order valence-electron chi connectivity index (χ4n) is 2.05. The minimum Gasteiger partial charge on any atom is -0.485 e. The first-order valence-corrected chi connectivity index (χ1v) is 4.72. The summed E-state index contributed by atoms with van der Waals surface area (Å²) in [5, 5.41) is 0. The molecule has 2 atom stereocenters. The predicted octanol–water partition coefficient (Wildman–Crippen LogP) is 2.44. The minimum atomic E-state index is -0.296. The van der Waals surface area contributed by atoms with Gasteiger partial charge in [0.2, 0.25) is 0 Å². The Kier molecular flexibility index (Phi) is 1.34. The summed E-state index contributed by atoms with van der Waals surface area (Å²) >= 11 is 0. The van der Waals surface area contributed by atoms with Gasteiger partial charge in [0.15, 0.2) is 0 Å².